The van der Waals surface area contributed by atoms with E-state index in [0.717, 1.165) is 5.82 Å². The van der Waals surface area contributed by atoms with Crippen molar-refractivity contribution >= 4 is 5.78 Å². The zero-order valence-electron chi connectivity index (χ0n) is 9.51. The van der Waals surface area contributed by atoms with Crippen LogP contribution in [-0.4, -0.2) is 43.3 Å². The van der Waals surface area contributed by atoms with Gasteiger partial charge in [-0.25, -0.2) is 0 Å². The normalized spacial score (nSPS) is 9.38. The largest absolute Gasteiger partial charge is 0.364 e. The molecule has 0 rings (SSSR count). The van der Waals surface area contributed by atoms with Crippen LogP contribution in [0, 0.1) is 0 Å². The molecule has 0 amide bonds. The molecule has 0 unspecified atom stereocenters. The van der Waals surface area contributed by atoms with E-state index in [-0.39, 0.29) is 5.78 Å². The topological polar surface area (TPSA) is 23.6 Å². The standard InChI is InChI=1S/C10H20N2O/c1-8(2)10(11(4)5)12(6)7-9(3)13/h7H2,1-6H3. The Morgan fingerprint density at radius 3 is 1.77 bits per heavy atom. The van der Waals surface area contributed by atoms with Gasteiger partial charge in [-0.1, -0.05) is 0 Å². The van der Waals surface area contributed by atoms with Gasteiger partial charge in [0.15, 0.2) is 0 Å². The van der Waals surface area contributed by atoms with Crippen LogP contribution >= 0.6 is 0 Å². The van der Waals surface area contributed by atoms with Crippen LogP contribution in [0.3, 0.4) is 0 Å². The van der Waals surface area contributed by atoms with E-state index in [1.54, 1.807) is 6.92 Å². The van der Waals surface area contributed by atoms with Gasteiger partial charge in [0.05, 0.1) is 6.54 Å². The first-order chi connectivity index (χ1) is 5.86. The van der Waals surface area contributed by atoms with Crippen LogP contribution in [0.4, 0.5) is 0 Å². The van der Waals surface area contributed by atoms with Gasteiger partial charge >= 0.3 is 0 Å². The van der Waals surface area contributed by atoms with E-state index in [2.05, 4.69) is 0 Å². The molecule has 3 nitrogen and oxygen atoms in total. The van der Waals surface area contributed by atoms with Crippen LogP contribution in [0.1, 0.15) is 20.8 Å². The van der Waals surface area contributed by atoms with Gasteiger partial charge in [-0.3, -0.25) is 4.79 Å². The summed E-state index contributed by atoms with van der Waals surface area (Å²) in [6.07, 6.45) is 0. The van der Waals surface area contributed by atoms with Crippen molar-refractivity contribution < 1.29 is 4.79 Å². The number of likely N-dealkylation sites (N-methyl/N-ethyl adjacent to an activating group) is 1. The Bertz CT molecular complexity index is 215. The summed E-state index contributed by atoms with van der Waals surface area (Å²) >= 11 is 0. The Kier molecular flexibility index (Phi) is 4.52. The summed E-state index contributed by atoms with van der Waals surface area (Å²) in [5.41, 5.74) is 1.22. The highest BCUT2D eigenvalue weighted by atomic mass is 16.1. The predicted octanol–water partition coefficient (Wildman–Crippen LogP) is 1.32. The van der Waals surface area contributed by atoms with Crippen LogP contribution < -0.4 is 0 Å². The zero-order chi connectivity index (χ0) is 10.6. The summed E-state index contributed by atoms with van der Waals surface area (Å²) in [6, 6.07) is 0. The fourth-order valence-corrected chi connectivity index (χ4v) is 1.58. The number of carbonyl (C=O) groups is 1. The molecule has 0 bridgehead atoms. The number of hydrogen-bond acceptors (Lipinski definition) is 3. The Balaban J connectivity index is 4.59. The molecule has 0 aromatic heterocycles. The van der Waals surface area contributed by atoms with Crippen molar-refractivity contribution in [2.24, 2.45) is 0 Å². The molecule has 0 aliphatic rings. The monoisotopic (exact) mass is 184 g/mol. The number of nitrogens with zero attached hydrogens (tertiary/aromatic N) is 2. The molecule has 0 saturated carbocycles. The number of rotatable bonds is 4. The van der Waals surface area contributed by atoms with Gasteiger partial charge in [0.1, 0.15) is 11.6 Å². The first kappa shape index (κ1) is 12.0. The van der Waals surface area contributed by atoms with Gasteiger partial charge in [-0.15, -0.1) is 0 Å². The molecular weight excluding hydrogens is 164 g/mol. The number of ketones is 1. The average Bonchev–Trinajstić information content (AvgIpc) is 1.81. The Labute approximate surface area is 81.0 Å². The van der Waals surface area contributed by atoms with Gasteiger partial charge in [-0.05, 0) is 26.3 Å². The van der Waals surface area contributed by atoms with E-state index in [4.69, 9.17) is 0 Å². The minimum atomic E-state index is 0.183. The summed E-state index contributed by atoms with van der Waals surface area (Å²) in [5.74, 6) is 1.29. The lowest BCUT2D eigenvalue weighted by Crippen LogP contribution is -2.32. The van der Waals surface area contributed by atoms with Gasteiger partial charge in [0.2, 0.25) is 0 Å². The van der Waals surface area contributed by atoms with Crippen LogP contribution in [0.15, 0.2) is 11.4 Å². The molecule has 0 heterocycles. The first-order valence-corrected chi connectivity index (χ1v) is 4.41. The summed E-state index contributed by atoms with van der Waals surface area (Å²) in [6.45, 7) is 6.17. The number of carbonyl (C=O) groups excluding carboxylic acids is 1. The minimum Gasteiger partial charge on any atom is -0.364 e. The second kappa shape index (κ2) is 4.90. The lowest BCUT2D eigenvalue weighted by Gasteiger charge is -2.28. The molecule has 0 radical (unpaired) electrons. The second-order valence-corrected chi connectivity index (χ2v) is 3.78. The van der Waals surface area contributed by atoms with Crippen molar-refractivity contribution in [3.05, 3.63) is 11.4 Å². The molecule has 0 spiro atoms. The highest BCUT2D eigenvalue weighted by Crippen LogP contribution is 2.09. The van der Waals surface area contributed by atoms with Crippen LogP contribution in [0.5, 0.6) is 0 Å². The molecule has 0 aromatic carbocycles. The minimum absolute atomic E-state index is 0.183. The fraction of sp³-hybridized carbons (Fsp3) is 0.700. The predicted molar refractivity (Wildman–Crippen MR) is 55.4 cm³/mol. The van der Waals surface area contributed by atoms with Crippen LogP contribution in [0.25, 0.3) is 0 Å². The molecule has 0 aromatic rings. The number of allylic oxidation sites excluding steroid dienone is 1. The number of Topliss-reactive ketones (excluding diaryl/α,β-unsaturated/α-hetero) is 1. The maximum Gasteiger partial charge on any atom is 0.149 e. The van der Waals surface area contributed by atoms with Crippen molar-refractivity contribution in [3.63, 3.8) is 0 Å². The van der Waals surface area contributed by atoms with E-state index in [1.165, 1.54) is 5.57 Å². The summed E-state index contributed by atoms with van der Waals surface area (Å²) in [4.78, 5) is 14.9. The summed E-state index contributed by atoms with van der Waals surface area (Å²) < 4.78 is 0. The Morgan fingerprint density at radius 2 is 1.54 bits per heavy atom. The van der Waals surface area contributed by atoms with Gasteiger partial charge in [0, 0.05) is 21.1 Å². The van der Waals surface area contributed by atoms with E-state index < -0.39 is 0 Å². The smallest absolute Gasteiger partial charge is 0.149 e. The molecular formula is C10H20N2O. The van der Waals surface area contributed by atoms with Crippen molar-refractivity contribution in [3.8, 4) is 0 Å². The SMILES string of the molecule is CC(=O)CN(C)C(=C(C)C)N(C)C. The lowest BCUT2D eigenvalue weighted by molar-refractivity contribution is -0.117. The summed E-state index contributed by atoms with van der Waals surface area (Å²) in [5, 5.41) is 0. The maximum atomic E-state index is 10.9. The molecule has 0 aliphatic heterocycles. The van der Waals surface area contributed by atoms with Gasteiger partial charge in [-0.2, -0.15) is 0 Å². The number of hydrogen-bond donors (Lipinski definition) is 0. The molecule has 0 atom stereocenters. The maximum absolute atomic E-state index is 10.9. The summed E-state index contributed by atoms with van der Waals surface area (Å²) in [7, 11) is 5.90. The van der Waals surface area contributed by atoms with Crippen molar-refractivity contribution in [2.75, 3.05) is 27.7 Å². The first-order valence-electron chi connectivity index (χ1n) is 4.41. The van der Waals surface area contributed by atoms with Crippen molar-refractivity contribution in [2.45, 2.75) is 20.8 Å². The third-order valence-corrected chi connectivity index (χ3v) is 1.69. The fourth-order valence-electron chi connectivity index (χ4n) is 1.58. The third-order valence-electron chi connectivity index (χ3n) is 1.69. The van der Waals surface area contributed by atoms with Crippen LogP contribution in [-0.2, 0) is 4.79 Å². The Hall–Kier alpha value is -0.990. The lowest BCUT2D eigenvalue weighted by atomic mass is 10.3. The van der Waals surface area contributed by atoms with E-state index >= 15 is 0 Å². The molecule has 0 saturated heterocycles. The Morgan fingerprint density at radius 1 is 1.08 bits per heavy atom. The zero-order valence-corrected chi connectivity index (χ0v) is 9.51. The van der Waals surface area contributed by atoms with Crippen LogP contribution in [0.2, 0.25) is 0 Å². The third kappa shape index (κ3) is 3.97. The van der Waals surface area contributed by atoms with E-state index in [1.807, 2.05) is 44.8 Å². The van der Waals surface area contributed by atoms with Crippen molar-refractivity contribution in [1.29, 1.82) is 0 Å². The van der Waals surface area contributed by atoms with E-state index in [9.17, 15) is 4.79 Å². The average molecular weight is 184 g/mol. The van der Waals surface area contributed by atoms with Crippen molar-refractivity contribution in [1.82, 2.24) is 9.80 Å². The molecule has 0 aliphatic carbocycles. The molecule has 3 heteroatoms. The highest BCUT2D eigenvalue weighted by Gasteiger charge is 2.09. The van der Waals surface area contributed by atoms with Gasteiger partial charge < -0.3 is 9.80 Å². The molecule has 76 valence electrons. The quantitative estimate of drug-likeness (QED) is 0.658. The second-order valence-electron chi connectivity index (χ2n) is 3.78. The highest BCUT2D eigenvalue weighted by molar-refractivity contribution is 5.77. The van der Waals surface area contributed by atoms with Gasteiger partial charge in [0.25, 0.3) is 0 Å². The van der Waals surface area contributed by atoms with E-state index in [0.29, 0.717) is 6.54 Å². The molecule has 0 N–H and O–H groups in total. The molecule has 0 fully saturated rings. The molecule has 13 heavy (non-hydrogen) atoms.